The van der Waals surface area contributed by atoms with Gasteiger partial charge in [0.15, 0.2) is 17.6 Å². The smallest absolute Gasteiger partial charge is 0.261 e. The minimum Gasteiger partial charge on any atom is -0.493 e. The summed E-state index contributed by atoms with van der Waals surface area (Å²) in [5.74, 6) is 1.64. The number of methoxy groups -OCH3 is 1. The lowest BCUT2D eigenvalue weighted by Gasteiger charge is -2.20. The number of nitrogens with one attached hydrogen (secondary N) is 1. The summed E-state index contributed by atoms with van der Waals surface area (Å²) in [4.78, 5) is 12.4. The molecule has 0 radical (unpaired) electrons. The van der Waals surface area contributed by atoms with Gasteiger partial charge in [0.2, 0.25) is 0 Å². The average Bonchev–Trinajstić information content (AvgIpc) is 2.62. The molecule has 140 valence electrons. The van der Waals surface area contributed by atoms with Crippen molar-refractivity contribution in [1.82, 2.24) is 5.32 Å². The van der Waals surface area contributed by atoms with Crippen molar-refractivity contribution in [3.05, 3.63) is 53.1 Å². The molecule has 0 bridgehead atoms. The van der Waals surface area contributed by atoms with Crippen molar-refractivity contribution in [3.63, 3.8) is 0 Å². The predicted octanol–water partition coefficient (Wildman–Crippen LogP) is 4.39. The van der Waals surface area contributed by atoms with Crippen LogP contribution in [-0.2, 0) is 4.79 Å². The summed E-state index contributed by atoms with van der Waals surface area (Å²) >= 11 is 5.93. The normalized spacial score (nSPS) is 12.8. The largest absolute Gasteiger partial charge is 0.493 e. The topological polar surface area (TPSA) is 56.8 Å². The minimum absolute atomic E-state index is 0.211. The molecule has 0 saturated carbocycles. The number of ether oxygens (including phenoxy) is 3. The fourth-order valence-corrected chi connectivity index (χ4v) is 2.62. The van der Waals surface area contributed by atoms with E-state index < -0.39 is 6.10 Å². The Kier molecular flexibility index (Phi) is 7.16. The Morgan fingerprint density at radius 1 is 1.15 bits per heavy atom. The van der Waals surface area contributed by atoms with Gasteiger partial charge < -0.3 is 19.5 Å². The molecule has 26 heavy (non-hydrogen) atoms. The van der Waals surface area contributed by atoms with Crippen LogP contribution in [0.5, 0.6) is 17.2 Å². The van der Waals surface area contributed by atoms with Crippen LogP contribution in [0, 0.1) is 0 Å². The van der Waals surface area contributed by atoms with Crippen molar-refractivity contribution in [2.45, 2.75) is 32.9 Å². The van der Waals surface area contributed by atoms with Gasteiger partial charge in [0.25, 0.3) is 5.91 Å². The van der Waals surface area contributed by atoms with Crippen LogP contribution in [0.2, 0.25) is 5.02 Å². The first-order chi connectivity index (χ1) is 12.4. The molecule has 0 aliphatic carbocycles. The standard InChI is InChI=1S/C20H24ClNO4/c1-5-25-18-10-9-15(11-19(18)24-4)13(2)22-20(23)14(3)26-17-8-6-7-16(21)12-17/h6-14H,5H2,1-4H3,(H,22,23). The van der Waals surface area contributed by atoms with Gasteiger partial charge in [-0.2, -0.15) is 0 Å². The van der Waals surface area contributed by atoms with Gasteiger partial charge in [-0.3, -0.25) is 4.79 Å². The van der Waals surface area contributed by atoms with E-state index in [-0.39, 0.29) is 11.9 Å². The van der Waals surface area contributed by atoms with Gasteiger partial charge in [0.05, 0.1) is 19.8 Å². The maximum absolute atomic E-state index is 12.4. The van der Waals surface area contributed by atoms with E-state index in [0.29, 0.717) is 28.9 Å². The number of amides is 1. The van der Waals surface area contributed by atoms with Crippen molar-refractivity contribution in [3.8, 4) is 17.2 Å². The summed E-state index contributed by atoms with van der Waals surface area (Å²) in [5.41, 5.74) is 0.911. The highest BCUT2D eigenvalue weighted by Crippen LogP contribution is 2.30. The van der Waals surface area contributed by atoms with E-state index in [1.165, 1.54) is 0 Å². The molecule has 5 nitrogen and oxygen atoms in total. The highest BCUT2D eigenvalue weighted by atomic mass is 35.5. The average molecular weight is 378 g/mol. The third-order valence-corrected chi connectivity index (χ3v) is 4.06. The molecule has 0 aliphatic rings. The van der Waals surface area contributed by atoms with Crippen LogP contribution in [0.25, 0.3) is 0 Å². The van der Waals surface area contributed by atoms with Gasteiger partial charge in [0.1, 0.15) is 5.75 Å². The van der Waals surface area contributed by atoms with E-state index in [1.54, 1.807) is 38.3 Å². The summed E-state index contributed by atoms with van der Waals surface area (Å²) in [7, 11) is 1.59. The van der Waals surface area contributed by atoms with Crippen molar-refractivity contribution in [1.29, 1.82) is 0 Å². The van der Waals surface area contributed by atoms with Crippen molar-refractivity contribution in [2.24, 2.45) is 0 Å². The summed E-state index contributed by atoms with van der Waals surface area (Å²) < 4.78 is 16.5. The van der Waals surface area contributed by atoms with Gasteiger partial charge >= 0.3 is 0 Å². The lowest BCUT2D eigenvalue weighted by atomic mass is 10.1. The second-order valence-corrected chi connectivity index (χ2v) is 6.23. The molecular weight excluding hydrogens is 354 g/mol. The second kappa shape index (κ2) is 9.34. The number of rotatable bonds is 8. The molecule has 0 aliphatic heterocycles. The van der Waals surface area contributed by atoms with Crippen molar-refractivity contribution in [2.75, 3.05) is 13.7 Å². The van der Waals surface area contributed by atoms with E-state index in [0.717, 1.165) is 5.56 Å². The van der Waals surface area contributed by atoms with Gasteiger partial charge in [-0.1, -0.05) is 23.7 Å². The van der Waals surface area contributed by atoms with Crippen LogP contribution >= 0.6 is 11.6 Å². The quantitative estimate of drug-likeness (QED) is 0.741. The Bertz CT molecular complexity index is 750. The minimum atomic E-state index is -0.652. The Hall–Kier alpha value is -2.40. The van der Waals surface area contributed by atoms with Gasteiger partial charge in [-0.25, -0.2) is 0 Å². The molecule has 0 spiro atoms. The van der Waals surface area contributed by atoms with Crippen molar-refractivity contribution >= 4 is 17.5 Å². The molecule has 0 saturated heterocycles. The summed E-state index contributed by atoms with van der Waals surface area (Å²) in [6, 6.07) is 12.4. The van der Waals surface area contributed by atoms with Crippen LogP contribution in [0.1, 0.15) is 32.4 Å². The molecule has 2 aromatic rings. The molecule has 0 fully saturated rings. The number of carbonyl (C=O) groups is 1. The van der Waals surface area contributed by atoms with E-state index in [1.807, 2.05) is 32.0 Å². The number of hydrogen-bond donors (Lipinski definition) is 1. The number of halogens is 1. The molecule has 0 heterocycles. The maximum atomic E-state index is 12.4. The van der Waals surface area contributed by atoms with Crippen LogP contribution < -0.4 is 19.5 Å². The van der Waals surface area contributed by atoms with Crippen LogP contribution in [-0.4, -0.2) is 25.7 Å². The summed E-state index contributed by atoms with van der Waals surface area (Å²) in [6.45, 7) is 6.07. The highest BCUT2D eigenvalue weighted by Gasteiger charge is 2.19. The zero-order chi connectivity index (χ0) is 19.1. The van der Waals surface area contributed by atoms with E-state index in [2.05, 4.69) is 5.32 Å². The SMILES string of the molecule is CCOc1ccc(C(C)NC(=O)C(C)Oc2cccc(Cl)c2)cc1OC. The molecule has 2 unspecified atom stereocenters. The lowest BCUT2D eigenvalue weighted by molar-refractivity contribution is -0.127. The molecule has 1 N–H and O–H groups in total. The molecule has 0 aromatic heterocycles. The van der Waals surface area contributed by atoms with Gasteiger partial charge in [-0.15, -0.1) is 0 Å². The number of benzene rings is 2. The summed E-state index contributed by atoms with van der Waals surface area (Å²) in [6.07, 6.45) is -0.652. The van der Waals surface area contributed by atoms with Crippen LogP contribution in [0.4, 0.5) is 0 Å². The Morgan fingerprint density at radius 3 is 2.58 bits per heavy atom. The molecule has 6 heteroatoms. The van der Waals surface area contributed by atoms with Gasteiger partial charge in [-0.05, 0) is 56.7 Å². The van der Waals surface area contributed by atoms with E-state index in [4.69, 9.17) is 25.8 Å². The third-order valence-electron chi connectivity index (χ3n) is 3.82. The second-order valence-electron chi connectivity index (χ2n) is 5.79. The zero-order valence-corrected chi connectivity index (χ0v) is 16.2. The molecular formula is C20H24ClNO4. The predicted molar refractivity (Wildman–Crippen MR) is 102 cm³/mol. The molecule has 1 amide bonds. The van der Waals surface area contributed by atoms with E-state index >= 15 is 0 Å². The molecule has 2 rings (SSSR count). The van der Waals surface area contributed by atoms with Gasteiger partial charge in [0, 0.05) is 5.02 Å². The fraction of sp³-hybridized carbons (Fsp3) is 0.350. The Balaban J connectivity index is 2.01. The first kappa shape index (κ1) is 19.9. The number of carbonyl (C=O) groups excluding carboxylic acids is 1. The third kappa shape index (κ3) is 5.30. The highest BCUT2D eigenvalue weighted by molar-refractivity contribution is 6.30. The Morgan fingerprint density at radius 2 is 1.92 bits per heavy atom. The monoisotopic (exact) mass is 377 g/mol. The summed E-state index contributed by atoms with van der Waals surface area (Å²) in [5, 5.41) is 3.50. The lowest BCUT2D eigenvalue weighted by Crippen LogP contribution is -2.37. The fourth-order valence-electron chi connectivity index (χ4n) is 2.44. The molecule has 2 aromatic carbocycles. The number of hydrogen-bond acceptors (Lipinski definition) is 4. The first-order valence-corrected chi connectivity index (χ1v) is 8.85. The van der Waals surface area contributed by atoms with E-state index in [9.17, 15) is 4.79 Å². The van der Waals surface area contributed by atoms with Crippen LogP contribution in [0.3, 0.4) is 0 Å². The van der Waals surface area contributed by atoms with Crippen LogP contribution in [0.15, 0.2) is 42.5 Å². The zero-order valence-electron chi connectivity index (χ0n) is 15.4. The molecule has 2 atom stereocenters. The Labute approximate surface area is 159 Å². The first-order valence-electron chi connectivity index (χ1n) is 8.48. The van der Waals surface area contributed by atoms with Crippen molar-refractivity contribution < 1.29 is 19.0 Å². The maximum Gasteiger partial charge on any atom is 0.261 e.